The summed E-state index contributed by atoms with van der Waals surface area (Å²) in [5, 5.41) is -0.284. The monoisotopic (exact) mass is 461 g/mol. The lowest BCUT2D eigenvalue weighted by Crippen LogP contribution is -2.27. The fourth-order valence-electron chi connectivity index (χ4n) is 2.72. The van der Waals surface area contributed by atoms with E-state index in [2.05, 4.69) is 15.9 Å². The SMILES string of the molecule is COc1cccc(/C=C2\SC(=O)N(Cc3ccc(Br)cc3)C2=O)c1OC(C)C. The molecule has 0 N–H and O–H groups in total. The summed E-state index contributed by atoms with van der Waals surface area (Å²) in [6, 6.07) is 13.0. The van der Waals surface area contributed by atoms with E-state index in [1.165, 1.54) is 4.90 Å². The first-order chi connectivity index (χ1) is 13.4. The van der Waals surface area contributed by atoms with E-state index < -0.39 is 0 Å². The Balaban J connectivity index is 1.88. The Kier molecular flexibility index (Phi) is 6.46. The van der Waals surface area contributed by atoms with E-state index in [1.807, 2.05) is 50.2 Å². The molecule has 0 spiro atoms. The number of hydrogen-bond donors (Lipinski definition) is 0. The summed E-state index contributed by atoms with van der Waals surface area (Å²) in [5.74, 6) is 0.826. The number of carbonyl (C=O) groups excluding carboxylic acids is 2. The van der Waals surface area contributed by atoms with Crippen LogP contribution in [0.15, 0.2) is 51.8 Å². The average Bonchev–Trinajstić information content (AvgIpc) is 2.92. The lowest BCUT2D eigenvalue weighted by molar-refractivity contribution is -0.123. The molecule has 1 aliphatic rings. The Hall–Kier alpha value is -2.25. The molecule has 0 atom stereocenters. The molecule has 0 bridgehead atoms. The van der Waals surface area contributed by atoms with Crippen LogP contribution in [0, 0.1) is 0 Å². The van der Waals surface area contributed by atoms with E-state index in [1.54, 1.807) is 19.3 Å². The van der Waals surface area contributed by atoms with Gasteiger partial charge in [0.1, 0.15) is 0 Å². The maximum atomic E-state index is 12.8. The van der Waals surface area contributed by atoms with Gasteiger partial charge >= 0.3 is 0 Å². The molecule has 0 radical (unpaired) electrons. The fraction of sp³-hybridized carbons (Fsp3) is 0.238. The molecule has 2 aromatic carbocycles. The van der Waals surface area contributed by atoms with E-state index in [9.17, 15) is 9.59 Å². The molecule has 1 heterocycles. The summed E-state index contributed by atoms with van der Waals surface area (Å²) in [6.45, 7) is 4.08. The summed E-state index contributed by atoms with van der Waals surface area (Å²) in [5.41, 5.74) is 1.58. The highest BCUT2D eigenvalue weighted by atomic mass is 79.9. The molecule has 2 aromatic rings. The van der Waals surface area contributed by atoms with Gasteiger partial charge in [-0.15, -0.1) is 0 Å². The van der Waals surface area contributed by atoms with Crippen molar-refractivity contribution in [1.82, 2.24) is 4.90 Å². The molecule has 0 aromatic heterocycles. The van der Waals surface area contributed by atoms with Gasteiger partial charge < -0.3 is 9.47 Å². The van der Waals surface area contributed by atoms with Gasteiger partial charge in [-0.05, 0) is 55.4 Å². The van der Waals surface area contributed by atoms with Crippen molar-refractivity contribution in [3.63, 3.8) is 0 Å². The first kappa shape index (κ1) is 20.5. The predicted octanol–water partition coefficient (Wildman–Crippen LogP) is 5.48. The van der Waals surface area contributed by atoms with Crippen LogP contribution < -0.4 is 9.47 Å². The number of hydrogen-bond acceptors (Lipinski definition) is 5. The molecule has 0 saturated carbocycles. The zero-order valence-electron chi connectivity index (χ0n) is 15.8. The van der Waals surface area contributed by atoms with Gasteiger partial charge in [0.05, 0.1) is 24.7 Å². The van der Waals surface area contributed by atoms with Crippen molar-refractivity contribution in [2.24, 2.45) is 0 Å². The number of amides is 2. The molecule has 28 heavy (non-hydrogen) atoms. The Morgan fingerprint density at radius 1 is 1.14 bits per heavy atom. The minimum atomic E-state index is -0.309. The molecular formula is C21H20BrNO4S. The van der Waals surface area contributed by atoms with Crippen LogP contribution in [-0.2, 0) is 11.3 Å². The highest BCUT2D eigenvalue weighted by Crippen LogP contribution is 2.38. The number of benzene rings is 2. The number of ether oxygens (including phenoxy) is 2. The lowest BCUT2D eigenvalue weighted by Gasteiger charge is -2.16. The van der Waals surface area contributed by atoms with E-state index in [4.69, 9.17) is 9.47 Å². The van der Waals surface area contributed by atoms with Crippen LogP contribution in [0.5, 0.6) is 11.5 Å². The normalized spacial score (nSPS) is 15.6. The van der Waals surface area contributed by atoms with Crippen LogP contribution >= 0.6 is 27.7 Å². The Morgan fingerprint density at radius 3 is 2.50 bits per heavy atom. The molecule has 146 valence electrons. The number of imide groups is 1. The smallest absolute Gasteiger partial charge is 0.293 e. The third-order valence-electron chi connectivity index (χ3n) is 4.00. The van der Waals surface area contributed by atoms with E-state index in [-0.39, 0.29) is 23.8 Å². The van der Waals surface area contributed by atoms with Crippen LogP contribution in [0.3, 0.4) is 0 Å². The molecule has 1 saturated heterocycles. The second-order valence-electron chi connectivity index (χ2n) is 6.44. The van der Waals surface area contributed by atoms with E-state index >= 15 is 0 Å². The third kappa shape index (κ3) is 4.59. The largest absolute Gasteiger partial charge is 0.493 e. The molecule has 0 unspecified atom stereocenters. The van der Waals surface area contributed by atoms with Crippen molar-refractivity contribution in [1.29, 1.82) is 0 Å². The highest BCUT2D eigenvalue weighted by Gasteiger charge is 2.35. The zero-order valence-corrected chi connectivity index (χ0v) is 18.2. The molecule has 0 aliphatic carbocycles. The van der Waals surface area contributed by atoms with Crippen molar-refractivity contribution in [2.75, 3.05) is 7.11 Å². The Morgan fingerprint density at radius 2 is 1.86 bits per heavy atom. The van der Waals surface area contributed by atoms with Crippen LogP contribution in [0.2, 0.25) is 0 Å². The van der Waals surface area contributed by atoms with Crippen LogP contribution in [0.4, 0.5) is 4.79 Å². The highest BCUT2D eigenvalue weighted by molar-refractivity contribution is 9.10. The number of carbonyl (C=O) groups is 2. The quantitative estimate of drug-likeness (QED) is 0.532. The minimum absolute atomic E-state index is 0.0593. The van der Waals surface area contributed by atoms with Crippen molar-refractivity contribution < 1.29 is 19.1 Å². The molecule has 3 rings (SSSR count). The lowest BCUT2D eigenvalue weighted by atomic mass is 10.1. The van der Waals surface area contributed by atoms with Gasteiger partial charge in [0.15, 0.2) is 11.5 Å². The Labute approximate surface area is 176 Å². The van der Waals surface area contributed by atoms with Crippen molar-refractivity contribution in [3.8, 4) is 11.5 Å². The summed E-state index contributed by atoms with van der Waals surface area (Å²) >= 11 is 4.31. The summed E-state index contributed by atoms with van der Waals surface area (Å²) in [6.07, 6.45) is 1.63. The van der Waals surface area contributed by atoms with Gasteiger partial charge in [-0.25, -0.2) is 0 Å². The fourth-order valence-corrected chi connectivity index (χ4v) is 3.81. The third-order valence-corrected chi connectivity index (χ3v) is 5.43. The number of methoxy groups -OCH3 is 1. The van der Waals surface area contributed by atoms with Gasteiger partial charge in [0.2, 0.25) is 0 Å². The molecule has 2 amide bonds. The van der Waals surface area contributed by atoms with E-state index in [0.29, 0.717) is 22.0 Å². The first-order valence-corrected chi connectivity index (χ1v) is 10.3. The van der Waals surface area contributed by atoms with Gasteiger partial charge in [0, 0.05) is 10.0 Å². The number of para-hydroxylation sites is 1. The molecular weight excluding hydrogens is 442 g/mol. The van der Waals surface area contributed by atoms with Crippen LogP contribution in [0.1, 0.15) is 25.0 Å². The second kappa shape index (κ2) is 8.84. The molecule has 1 aliphatic heterocycles. The maximum absolute atomic E-state index is 12.8. The molecule has 5 nitrogen and oxygen atoms in total. The Bertz CT molecular complexity index is 925. The van der Waals surface area contributed by atoms with Gasteiger partial charge in [-0.1, -0.05) is 40.2 Å². The van der Waals surface area contributed by atoms with Gasteiger partial charge in [-0.3, -0.25) is 14.5 Å². The average molecular weight is 462 g/mol. The van der Waals surface area contributed by atoms with Crippen molar-refractivity contribution in [2.45, 2.75) is 26.5 Å². The van der Waals surface area contributed by atoms with Crippen LogP contribution in [0.25, 0.3) is 6.08 Å². The molecule has 1 fully saturated rings. The number of halogens is 1. The van der Waals surface area contributed by atoms with Gasteiger partial charge in [-0.2, -0.15) is 0 Å². The zero-order chi connectivity index (χ0) is 20.3. The molecule has 7 heteroatoms. The summed E-state index contributed by atoms with van der Waals surface area (Å²) < 4.78 is 12.2. The standard InChI is InChI=1S/C21H20BrNO4S/c1-13(2)27-19-15(5-4-6-17(19)26-3)11-18-20(24)23(21(25)28-18)12-14-7-9-16(22)10-8-14/h4-11,13H,12H2,1-3H3/b18-11-. The second-order valence-corrected chi connectivity index (χ2v) is 8.35. The minimum Gasteiger partial charge on any atom is -0.493 e. The van der Waals surface area contributed by atoms with Gasteiger partial charge in [0.25, 0.3) is 11.1 Å². The van der Waals surface area contributed by atoms with E-state index in [0.717, 1.165) is 21.8 Å². The maximum Gasteiger partial charge on any atom is 0.293 e. The van der Waals surface area contributed by atoms with Crippen molar-refractivity contribution in [3.05, 3.63) is 63.0 Å². The number of rotatable bonds is 6. The predicted molar refractivity (Wildman–Crippen MR) is 114 cm³/mol. The topological polar surface area (TPSA) is 55.8 Å². The first-order valence-electron chi connectivity index (χ1n) is 8.72. The number of thioether (sulfide) groups is 1. The summed E-state index contributed by atoms with van der Waals surface area (Å²) in [7, 11) is 1.57. The van der Waals surface area contributed by atoms with Crippen LogP contribution in [-0.4, -0.2) is 29.3 Å². The summed E-state index contributed by atoms with van der Waals surface area (Å²) in [4.78, 5) is 26.8. The van der Waals surface area contributed by atoms with Crippen molar-refractivity contribution >= 4 is 44.9 Å². The number of nitrogens with zero attached hydrogens (tertiary/aromatic N) is 1.